The first-order chi connectivity index (χ1) is 16.6. The molecule has 0 spiro atoms. The van der Waals surface area contributed by atoms with E-state index in [2.05, 4.69) is 51.8 Å². The van der Waals surface area contributed by atoms with Crippen molar-refractivity contribution in [2.45, 2.75) is 51.5 Å². The topological polar surface area (TPSA) is 97.9 Å². The normalized spacial score (nSPS) is 14.3. The first kappa shape index (κ1) is 21.9. The summed E-state index contributed by atoms with van der Waals surface area (Å²) < 4.78 is 2.01. The first-order valence-corrected chi connectivity index (χ1v) is 12.0. The standard InChI is InChI=1S/C27H30N6O/c1-2-18-8-10-20(11-9-18)32-26-23-14-15-33(27(23)30-17-29-26)21-12-13-22(25(28)34)24(16-21)31-19-6-4-3-5-7-19/h8-17,19,31H,2-7H2,1H3,(H2,28,34)(H,29,30,32). The highest BCUT2D eigenvalue weighted by Crippen LogP contribution is 2.29. The van der Waals surface area contributed by atoms with E-state index in [1.54, 1.807) is 12.4 Å². The van der Waals surface area contributed by atoms with Crippen LogP contribution >= 0.6 is 0 Å². The van der Waals surface area contributed by atoms with Crippen LogP contribution in [-0.4, -0.2) is 26.5 Å². The summed E-state index contributed by atoms with van der Waals surface area (Å²) in [5.41, 5.74) is 10.9. The fraction of sp³-hybridized carbons (Fsp3) is 0.296. The molecule has 0 atom stereocenters. The van der Waals surface area contributed by atoms with Crippen LogP contribution in [-0.2, 0) is 6.42 Å². The van der Waals surface area contributed by atoms with Crippen LogP contribution in [0.5, 0.6) is 0 Å². The highest BCUT2D eigenvalue weighted by Gasteiger charge is 2.18. The minimum atomic E-state index is -0.426. The zero-order valence-electron chi connectivity index (χ0n) is 19.4. The molecule has 7 nitrogen and oxygen atoms in total. The van der Waals surface area contributed by atoms with Gasteiger partial charge in [-0.15, -0.1) is 0 Å². The largest absolute Gasteiger partial charge is 0.382 e. The number of carbonyl (C=O) groups is 1. The van der Waals surface area contributed by atoms with Gasteiger partial charge >= 0.3 is 0 Å². The Morgan fingerprint density at radius 3 is 2.59 bits per heavy atom. The van der Waals surface area contributed by atoms with Crippen molar-refractivity contribution in [2.75, 3.05) is 10.6 Å². The Bertz CT molecular complexity index is 1300. The maximum absolute atomic E-state index is 12.1. The zero-order valence-corrected chi connectivity index (χ0v) is 19.4. The second-order valence-electron chi connectivity index (χ2n) is 8.89. The molecule has 0 unspecified atom stereocenters. The molecule has 174 valence electrons. The third kappa shape index (κ3) is 4.46. The number of rotatable bonds is 7. The van der Waals surface area contributed by atoms with Crippen molar-refractivity contribution in [1.82, 2.24) is 14.5 Å². The molecular weight excluding hydrogens is 424 g/mol. The summed E-state index contributed by atoms with van der Waals surface area (Å²) in [5.74, 6) is 0.326. The minimum absolute atomic E-state index is 0.362. The van der Waals surface area contributed by atoms with Crippen LogP contribution in [0.1, 0.15) is 54.9 Å². The number of carbonyl (C=O) groups excluding carboxylic acids is 1. The molecule has 1 amide bonds. The maximum Gasteiger partial charge on any atom is 0.250 e. The Balaban J connectivity index is 1.48. The third-order valence-corrected chi connectivity index (χ3v) is 6.62. The Morgan fingerprint density at radius 2 is 1.85 bits per heavy atom. The van der Waals surface area contributed by atoms with Gasteiger partial charge in [0.25, 0.3) is 5.91 Å². The third-order valence-electron chi connectivity index (χ3n) is 6.62. The summed E-state index contributed by atoms with van der Waals surface area (Å²) in [6, 6.07) is 16.4. The number of nitrogens with zero attached hydrogens (tertiary/aromatic N) is 3. The molecule has 4 N–H and O–H groups in total. The predicted octanol–water partition coefficient (Wildman–Crippen LogP) is 5.57. The number of primary amides is 1. The summed E-state index contributed by atoms with van der Waals surface area (Å²) in [7, 11) is 0. The summed E-state index contributed by atoms with van der Waals surface area (Å²) in [6.45, 7) is 2.14. The van der Waals surface area contributed by atoms with Crippen molar-refractivity contribution in [1.29, 1.82) is 0 Å². The average Bonchev–Trinajstić information content (AvgIpc) is 3.30. The SMILES string of the molecule is CCc1ccc(Nc2ncnc3c2ccn3-c2ccc(C(N)=O)c(NC3CCCCC3)c2)cc1. The van der Waals surface area contributed by atoms with E-state index in [-0.39, 0.29) is 0 Å². The Labute approximate surface area is 199 Å². The van der Waals surface area contributed by atoms with E-state index in [9.17, 15) is 4.79 Å². The number of hydrogen-bond acceptors (Lipinski definition) is 5. The predicted molar refractivity (Wildman–Crippen MR) is 137 cm³/mol. The van der Waals surface area contributed by atoms with Crippen molar-refractivity contribution >= 4 is 34.1 Å². The lowest BCUT2D eigenvalue weighted by molar-refractivity contribution is 0.100. The van der Waals surface area contributed by atoms with Gasteiger partial charge in [-0.05, 0) is 61.2 Å². The molecule has 2 aromatic heterocycles. The van der Waals surface area contributed by atoms with Gasteiger partial charge in [0, 0.05) is 29.3 Å². The molecule has 0 radical (unpaired) electrons. The highest BCUT2D eigenvalue weighted by atomic mass is 16.1. The van der Waals surface area contributed by atoms with Crippen LogP contribution in [0.2, 0.25) is 0 Å². The number of aromatic nitrogens is 3. The Morgan fingerprint density at radius 1 is 1.06 bits per heavy atom. The van der Waals surface area contributed by atoms with Gasteiger partial charge in [0.2, 0.25) is 0 Å². The lowest BCUT2D eigenvalue weighted by atomic mass is 9.95. The molecule has 1 saturated carbocycles. The second kappa shape index (κ2) is 9.55. The number of aryl methyl sites for hydroxylation is 1. The molecule has 0 saturated heterocycles. The van der Waals surface area contributed by atoms with Crippen LogP contribution < -0.4 is 16.4 Å². The fourth-order valence-electron chi connectivity index (χ4n) is 4.70. The van der Waals surface area contributed by atoms with Crippen LogP contribution in [0.15, 0.2) is 61.1 Å². The lowest BCUT2D eigenvalue weighted by Crippen LogP contribution is -2.24. The highest BCUT2D eigenvalue weighted by molar-refractivity contribution is 5.99. The van der Waals surface area contributed by atoms with Crippen LogP contribution in [0, 0.1) is 0 Å². The van der Waals surface area contributed by atoms with Gasteiger partial charge in [0.1, 0.15) is 17.8 Å². The van der Waals surface area contributed by atoms with Gasteiger partial charge in [-0.25, -0.2) is 9.97 Å². The van der Waals surface area contributed by atoms with Gasteiger partial charge < -0.3 is 20.9 Å². The molecule has 5 rings (SSSR count). The Hall–Kier alpha value is -3.87. The van der Waals surface area contributed by atoms with E-state index in [0.717, 1.165) is 53.2 Å². The number of nitrogens with one attached hydrogen (secondary N) is 2. The monoisotopic (exact) mass is 454 g/mol. The average molecular weight is 455 g/mol. The number of nitrogens with two attached hydrogens (primary N) is 1. The summed E-state index contributed by atoms with van der Waals surface area (Å²) in [5, 5.41) is 7.91. The molecule has 2 heterocycles. The molecule has 7 heteroatoms. The molecule has 1 fully saturated rings. The lowest BCUT2D eigenvalue weighted by Gasteiger charge is -2.25. The number of anilines is 3. The number of benzene rings is 2. The quantitative estimate of drug-likeness (QED) is 0.339. The van der Waals surface area contributed by atoms with E-state index < -0.39 is 5.91 Å². The van der Waals surface area contributed by atoms with Gasteiger partial charge in [0.15, 0.2) is 0 Å². The molecule has 1 aliphatic rings. The van der Waals surface area contributed by atoms with E-state index in [1.807, 2.05) is 29.0 Å². The molecule has 2 aromatic carbocycles. The van der Waals surface area contributed by atoms with Crippen LogP contribution in [0.4, 0.5) is 17.2 Å². The molecule has 34 heavy (non-hydrogen) atoms. The van der Waals surface area contributed by atoms with Crippen molar-refractivity contribution in [3.8, 4) is 5.69 Å². The molecule has 0 aliphatic heterocycles. The van der Waals surface area contributed by atoms with Crippen LogP contribution in [0.25, 0.3) is 16.7 Å². The summed E-state index contributed by atoms with van der Waals surface area (Å²) >= 11 is 0. The van der Waals surface area contributed by atoms with Gasteiger partial charge in [-0.3, -0.25) is 4.79 Å². The molecular formula is C27H30N6O. The maximum atomic E-state index is 12.1. The van der Waals surface area contributed by atoms with Gasteiger partial charge in [0.05, 0.1) is 10.9 Å². The number of hydrogen-bond donors (Lipinski definition) is 3. The van der Waals surface area contributed by atoms with E-state index in [1.165, 1.54) is 24.8 Å². The van der Waals surface area contributed by atoms with E-state index >= 15 is 0 Å². The fourth-order valence-corrected chi connectivity index (χ4v) is 4.70. The Kier molecular flexibility index (Phi) is 6.16. The van der Waals surface area contributed by atoms with E-state index in [0.29, 0.717) is 11.6 Å². The number of fused-ring (bicyclic) bond motifs is 1. The first-order valence-electron chi connectivity index (χ1n) is 12.0. The van der Waals surface area contributed by atoms with Gasteiger partial charge in [-0.2, -0.15) is 0 Å². The minimum Gasteiger partial charge on any atom is -0.382 e. The molecule has 4 aromatic rings. The van der Waals surface area contributed by atoms with Crippen molar-refractivity contribution in [3.63, 3.8) is 0 Å². The van der Waals surface area contributed by atoms with Gasteiger partial charge in [-0.1, -0.05) is 38.3 Å². The smallest absolute Gasteiger partial charge is 0.250 e. The zero-order chi connectivity index (χ0) is 23.5. The molecule has 1 aliphatic carbocycles. The van der Waals surface area contributed by atoms with Crippen molar-refractivity contribution in [2.24, 2.45) is 5.73 Å². The number of amides is 1. The summed E-state index contributed by atoms with van der Waals surface area (Å²) in [4.78, 5) is 21.1. The summed E-state index contributed by atoms with van der Waals surface area (Å²) in [6.07, 6.45) is 10.5. The van der Waals surface area contributed by atoms with Crippen LogP contribution in [0.3, 0.4) is 0 Å². The van der Waals surface area contributed by atoms with Crippen molar-refractivity contribution < 1.29 is 4.79 Å². The van der Waals surface area contributed by atoms with Crippen molar-refractivity contribution in [3.05, 3.63) is 72.2 Å². The van der Waals surface area contributed by atoms with E-state index in [4.69, 9.17) is 5.73 Å². The second-order valence-corrected chi connectivity index (χ2v) is 8.89. The molecule has 0 bridgehead atoms.